The number of nitrogens with zero attached hydrogens (tertiary/aromatic N) is 2. The molecule has 0 fully saturated rings. The van der Waals surface area contributed by atoms with Crippen LogP contribution >= 0.6 is 0 Å². The predicted octanol–water partition coefficient (Wildman–Crippen LogP) is 4.41. The molecule has 0 saturated heterocycles. The number of aromatic nitrogens is 1. The summed E-state index contributed by atoms with van der Waals surface area (Å²) in [6, 6.07) is 8.15. The molecule has 2 N–H and O–H groups in total. The number of aromatic carboxylic acids is 1. The van der Waals surface area contributed by atoms with Gasteiger partial charge in [-0.25, -0.2) is 4.79 Å². The van der Waals surface area contributed by atoms with E-state index < -0.39 is 5.97 Å². The van der Waals surface area contributed by atoms with E-state index in [-0.39, 0.29) is 0 Å². The van der Waals surface area contributed by atoms with Crippen LogP contribution in [0.2, 0.25) is 0 Å². The van der Waals surface area contributed by atoms with Crippen molar-refractivity contribution in [2.75, 3.05) is 33.2 Å². The second-order valence-corrected chi connectivity index (χ2v) is 7.35. The molecule has 1 unspecified atom stereocenters. The SMILES string of the molecule is CC1C(Cc2c(C(=O)O)[nH]c3ccccc23)=CCCN1C.CCN(CC)CC. The highest BCUT2D eigenvalue weighted by molar-refractivity contribution is 5.97. The van der Waals surface area contributed by atoms with Gasteiger partial charge in [0.15, 0.2) is 0 Å². The molecular formula is C23H35N3O2. The molecule has 28 heavy (non-hydrogen) atoms. The third kappa shape index (κ3) is 5.24. The minimum Gasteiger partial charge on any atom is -0.477 e. The fraction of sp³-hybridized carbons (Fsp3) is 0.522. The number of aromatic amines is 1. The van der Waals surface area contributed by atoms with Crippen molar-refractivity contribution in [3.63, 3.8) is 0 Å². The summed E-state index contributed by atoms with van der Waals surface area (Å²) in [4.78, 5) is 19.2. The molecule has 1 atom stereocenters. The lowest BCUT2D eigenvalue weighted by Gasteiger charge is -2.31. The minimum atomic E-state index is -0.890. The van der Waals surface area contributed by atoms with E-state index in [0.29, 0.717) is 18.2 Å². The highest BCUT2D eigenvalue weighted by atomic mass is 16.4. The topological polar surface area (TPSA) is 59.6 Å². The Morgan fingerprint density at radius 2 is 1.86 bits per heavy atom. The lowest BCUT2D eigenvalue weighted by atomic mass is 9.93. The lowest BCUT2D eigenvalue weighted by molar-refractivity contribution is 0.0690. The summed E-state index contributed by atoms with van der Waals surface area (Å²) in [7, 11) is 2.12. The van der Waals surface area contributed by atoms with Gasteiger partial charge in [0, 0.05) is 23.5 Å². The Kier molecular flexibility index (Phi) is 8.27. The van der Waals surface area contributed by atoms with Gasteiger partial charge >= 0.3 is 5.97 Å². The Labute approximate surface area is 169 Å². The van der Waals surface area contributed by atoms with Gasteiger partial charge in [-0.3, -0.25) is 4.90 Å². The largest absolute Gasteiger partial charge is 0.477 e. The van der Waals surface area contributed by atoms with E-state index in [1.807, 2.05) is 24.3 Å². The number of hydrogen-bond donors (Lipinski definition) is 2. The first-order valence-electron chi connectivity index (χ1n) is 10.4. The fourth-order valence-electron chi connectivity index (χ4n) is 3.76. The standard InChI is InChI=1S/C17H20N2O2.C6H15N/c1-11-12(6-5-9-19(11)2)10-14-13-7-3-4-8-15(13)18-16(14)17(20)21;1-4-7(5-2)6-3/h3-4,6-8,11,18H,5,9-10H2,1-2H3,(H,20,21);4-6H2,1-3H3. The number of rotatable bonds is 6. The van der Waals surface area contributed by atoms with Gasteiger partial charge in [-0.05, 0) is 58.1 Å². The molecule has 5 nitrogen and oxygen atoms in total. The van der Waals surface area contributed by atoms with Gasteiger partial charge in [0.2, 0.25) is 0 Å². The van der Waals surface area contributed by atoms with Gasteiger partial charge < -0.3 is 15.0 Å². The van der Waals surface area contributed by atoms with E-state index in [1.54, 1.807) is 0 Å². The van der Waals surface area contributed by atoms with E-state index >= 15 is 0 Å². The van der Waals surface area contributed by atoms with E-state index in [4.69, 9.17) is 0 Å². The van der Waals surface area contributed by atoms with Crippen LogP contribution in [0.1, 0.15) is 50.2 Å². The highest BCUT2D eigenvalue weighted by Gasteiger charge is 2.23. The molecule has 0 aliphatic carbocycles. The molecule has 1 aliphatic rings. The summed E-state index contributed by atoms with van der Waals surface area (Å²) in [5, 5.41) is 10.5. The van der Waals surface area contributed by atoms with Crippen LogP contribution in [0.15, 0.2) is 35.9 Å². The molecule has 2 aromatic rings. The molecular weight excluding hydrogens is 350 g/mol. The molecule has 1 aliphatic heterocycles. The Bertz CT molecular complexity index is 800. The predicted molar refractivity (Wildman–Crippen MR) is 117 cm³/mol. The number of para-hydroxylation sites is 1. The van der Waals surface area contributed by atoms with Gasteiger partial charge in [0.1, 0.15) is 5.69 Å². The van der Waals surface area contributed by atoms with Crippen molar-refractivity contribution >= 4 is 16.9 Å². The molecule has 1 aromatic heterocycles. The first kappa shape index (κ1) is 22.2. The molecule has 0 saturated carbocycles. The monoisotopic (exact) mass is 385 g/mol. The Hall–Kier alpha value is -2.11. The van der Waals surface area contributed by atoms with E-state index in [0.717, 1.165) is 29.4 Å². The average Bonchev–Trinajstić information content (AvgIpc) is 3.06. The van der Waals surface area contributed by atoms with Crippen LogP contribution < -0.4 is 0 Å². The zero-order valence-corrected chi connectivity index (χ0v) is 18.0. The molecule has 1 aromatic carbocycles. The van der Waals surface area contributed by atoms with Crippen molar-refractivity contribution in [2.24, 2.45) is 0 Å². The number of nitrogens with one attached hydrogen (secondary N) is 1. The van der Waals surface area contributed by atoms with Crippen LogP contribution in [0.4, 0.5) is 0 Å². The molecule has 0 spiro atoms. The summed E-state index contributed by atoms with van der Waals surface area (Å²) < 4.78 is 0. The van der Waals surface area contributed by atoms with Crippen molar-refractivity contribution in [3.05, 3.63) is 47.2 Å². The molecule has 2 heterocycles. The molecule has 0 amide bonds. The maximum atomic E-state index is 11.5. The third-order valence-corrected chi connectivity index (χ3v) is 5.84. The van der Waals surface area contributed by atoms with E-state index in [1.165, 1.54) is 25.2 Å². The van der Waals surface area contributed by atoms with Crippen molar-refractivity contribution < 1.29 is 9.90 Å². The number of carbonyl (C=O) groups is 1. The zero-order valence-electron chi connectivity index (χ0n) is 18.0. The summed E-state index contributed by atoms with van der Waals surface area (Å²) in [6.07, 6.45) is 3.98. The van der Waals surface area contributed by atoms with Crippen LogP contribution in [-0.4, -0.2) is 65.1 Å². The Morgan fingerprint density at radius 3 is 2.43 bits per heavy atom. The summed E-state index contributed by atoms with van der Waals surface area (Å²) in [5.41, 5.74) is 3.40. The maximum absolute atomic E-state index is 11.5. The minimum absolute atomic E-state index is 0.317. The van der Waals surface area contributed by atoms with Gasteiger partial charge in [-0.2, -0.15) is 0 Å². The second kappa shape index (κ2) is 10.4. The van der Waals surface area contributed by atoms with Gasteiger partial charge in [-0.1, -0.05) is 50.6 Å². The number of carboxylic acid groups (broad SMARTS) is 1. The van der Waals surface area contributed by atoms with Gasteiger partial charge in [0.05, 0.1) is 0 Å². The Balaban J connectivity index is 0.000000345. The molecule has 0 radical (unpaired) electrons. The molecule has 0 bridgehead atoms. The number of carboxylic acids is 1. The van der Waals surface area contributed by atoms with Crippen LogP contribution in [0.5, 0.6) is 0 Å². The molecule has 154 valence electrons. The normalized spacial score (nSPS) is 17.4. The number of hydrogen-bond acceptors (Lipinski definition) is 3. The number of fused-ring (bicyclic) bond motifs is 1. The summed E-state index contributed by atoms with van der Waals surface area (Å²) >= 11 is 0. The molecule has 5 heteroatoms. The first-order valence-corrected chi connectivity index (χ1v) is 10.4. The quantitative estimate of drug-likeness (QED) is 0.723. The average molecular weight is 386 g/mol. The van der Waals surface area contributed by atoms with Gasteiger partial charge in [0.25, 0.3) is 0 Å². The number of benzene rings is 1. The Morgan fingerprint density at radius 1 is 1.21 bits per heavy atom. The number of H-pyrrole nitrogens is 1. The van der Waals surface area contributed by atoms with Crippen molar-refractivity contribution in [2.45, 2.75) is 46.6 Å². The van der Waals surface area contributed by atoms with Crippen LogP contribution in [0, 0.1) is 0 Å². The van der Waals surface area contributed by atoms with E-state index in [9.17, 15) is 9.90 Å². The van der Waals surface area contributed by atoms with Crippen molar-refractivity contribution in [3.8, 4) is 0 Å². The lowest BCUT2D eigenvalue weighted by Crippen LogP contribution is -2.35. The van der Waals surface area contributed by atoms with Crippen LogP contribution in [0.25, 0.3) is 10.9 Å². The van der Waals surface area contributed by atoms with Crippen molar-refractivity contribution in [1.82, 2.24) is 14.8 Å². The van der Waals surface area contributed by atoms with Crippen LogP contribution in [0.3, 0.4) is 0 Å². The van der Waals surface area contributed by atoms with Crippen LogP contribution in [-0.2, 0) is 6.42 Å². The maximum Gasteiger partial charge on any atom is 0.352 e. The summed E-state index contributed by atoms with van der Waals surface area (Å²) in [5.74, 6) is -0.890. The van der Waals surface area contributed by atoms with Crippen molar-refractivity contribution in [1.29, 1.82) is 0 Å². The number of likely N-dealkylation sites (N-methyl/N-ethyl adjacent to an activating group) is 1. The van der Waals surface area contributed by atoms with Gasteiger partial charge in [-0.15, -0.1) is 0 Å². The molecule has 3 rings (SSSR count). The first-order chi connectivity index (χ1) is 13.4. The fourth-order valence-corrected chi connectivity index (χ4v) is 3.76. The summed E-state index contributed by atoms with van der Waals surface area (Å²) in [6.45, 7) is 13.4. The zero-order chi connectivity index (χ0) is 20.7. The second-order valence-electron chi connectivity index (χ2n) is 7.35. The highest BCUT2D eigenvalue weighted by Crippen LogP contribution is 2.28. The third-order valence-electron chi connectivity index (χ3n) is 5.84. The smallest absolute Gasteiger partial charge is 0.352 e. The van der Waals surface area contributed by atoms with E-state index in [2.05, 4.69) is 55.6 Å².